The first-order chi connectivity index (χ1) is 10.1. The van der Waals surface area contributed by atoms with E-state index in [0.29, 0.717) is 12.3 Å². The third kappa shape index (κ3) is 2.51. The highest BCUT2D eigenvalue weighted by Gasteiger charge is 2.16. The molecule has 0 saturated carbocycles. The van der Waals surface area contributed by atoms with Crippen LogP contribution in [-0.4, -0.2) is 22.2 Å². The Labute approximate surface area is 135 Å². The van der Waals surface area contributed by atoms with Crippen molar-refractivity contribution in [3.63, 3.8) is 0 Å². The van der Waals surface area contributed by atoms with Gasteiger partial charge in [-0.1, -0.05) is 18.2 Å². The zero-order chi connectivity index (χ0) is 15.0. The Morgan fingerprint density at radius 2 is 2.05 bits per heavy atom. The van der Waals surface area contributed by atoms with Crippen LogP contribution >= 0.6 is 22.6 Å². The van der Waals surface area contributed by atoms with Crippen molar-refractivity contribution in [2.75, 3.05) is 6.61 Å². The molecule has 0 saturated heterocycles. The molecule has 0 fully saturated rings. The van der Waals surface area contributed by atoms with Crippen LogP contribution in [0.3, 0.4) is 0 Å². The van der Waals surface area contributed by atoms with Crippen LogP contribution in [0.25, 0.3) is 21.8 Å². The second-order valence-corrected chi connectivity index (χ2v) is 6.03. The minimum absolute atomic E-state index is 0.0271. The Morgan fingerprint density at radius 1 is 1.29 bits per heavy atom. The molecule has 0 radical (unpaired) electrons. The van der Waals surface area contributed by atoms with Gasteiger partial charge in [-0.2, -0.15) is 0 Å². The molecule has 108 valence electrons. The van der Waals surface area contributed by atoms with Crippen molar-refractivity contribution in [1.82, 2.24) is 4.57 Å². The van der Waals surface area contributed by atoms with Gasteiger partial charge in [0.05, 0.1) is 12.1 Å². The quantitative estimate of drug-likeness (QED) is 0.421. The summed E-state index contributed by atoms with van der Waals surface area (Å²) in [7, 11) is 0. The number of aliphatic hydroxyl groups excluding tert-OH is 1. The van der Waals surface area contributed by atoms with Crippen LogP contribution < -0.4 is 4.74 Å². The summed E-state index contributed by atoms with van der Waals surface area (Å²) in [6.07, 6.45) is 0. The predicted molar refractivity (Wildman–Crippen MR) is 90.6 cm³/mol. The normalized spacial score (nSPS) is 11.2. The fraction of sp³-hybridized carbons (Fsp3) is 0.188. The number of esters is 1. The number of para-hydroxylation sites is 1. The van der Waals surface area contributed by atoms with E-state index in [4.69, 9.17) is 4.74 Å². The molecule has 0 aliphatic rings. The van der Waals surface area contributed by atoms with E-state index in [1.807, 2.05) is 34.9 Å². The third-order valence-corrected chi connectivity index (χ3v) is 3.99. The van der Waals surface area contributed by atoms with Crippen LogP contribution in [0.2, 0.25) is 0 Å². The molecule has 3 aromatic rings. The molecule has 2 aromatic carbocycles. The van der Waals surface area contributed by atoms with Crippen LogP contribution in [0.4, 0.5) is 0 Å². The lowest BCUT2D eigenvalue weighted by atomic mass is 10.1. The van der Waals surface area contributed by atoms with E-state index in [0.717, 1.165) is 25.4 Å². The summed E-state index contributed by atoms with van der Waals surface area (Å²) in [6, 6.07) is 11.9. The van der Waals surface area contributed by atoms with Gasteiger partial charge < -0.3 is 14.4 Å². The second kappa shape index (κ2) is 5.65. The average molecular weight is 395 g/mol. The highest BCUT2D eigenvalue weighted by atomic mass is 127. The molecular weight excluding hydrogens is 381 g/mol. The largest absolute Gasteiger partial charge is 0.424 e. The number of carbonyl (C=O) groups is 1. The molecule has 5 heteroatoms. The van der Waals surface area contributed by atoms with Crippen LogP contribution in [-0.2, 0) is 11.3 Å². The van der Waals surface area contributed by atoms with Crippen LogP contribution in [0, 0.1) is 3.57 Å². The van der Waals surface area contributed by atoms with Crippen LogP contribution in [0.1, 0.15) is 6.92 Å². The fourth-order valence-corrected chi connectivity index (χ4v) is 3.27. The highest BCUT2D eigenvalue weighted by molar-refractivity contribution is 14.1. The van der Waals surface area contributed by atoms with E-state index in [1.165, 1.54) is 6.92 Å². The van der Waals surface area contributed by atoms with E-state index >= 15 is 0 Å². The Kier molecular flexibility index (Phi) is 3.86. The summed E-state index contributed by atoms with van der Waals surface area (Å²) in [5.74, 6) is 0.188. The van der Waals surface area contributed by atoms with Gasteiger partial charge >= 0.3 is 5.97 Å². The van der Waals surface area contributed by atoms with Gasteiger partial charge in [-0.3, -0.25) is 4.79 Å². The third-order valence-electron chi connectivity index (χ3n) is 3.37. The van der Waals surface area contributed by atoms with Gasteiger partial charge in [-0.15, -0.1) is 0 Å². The lowest BCUT2D eigenvalue weighted by molar-refractivity contribution is -0.131. The molecule has 1 heterocycles. The molecule has 1 aromatic heterocycles. The number of ether oxygens (including phenoxy) is 1. The summed E-state index contributed by atoms with van der Waals surface area (Å²) in [5.41, 5.74) is 1.87. The number of hydrogen-bond donors (Lipinski definition) is 1. The molecule has 0 spiro atoms. The molecule has 3 rings (SSSR count). The number of aliphatic hydroxyl groups is 1. The van der Waals surface area contributed by atoms with Gasteiger partial charge in [0.25, 0.3) is 0 Å². The van der Waals surface area contributed by atoms with Crippen molar-refractivity contribution in [1.29, 1.82) is 0 Å². The summed E-state index contributed by atoms with van der Waals surface area (Å²) in [5, 5.41) is 11.5. The van der Waals surface area contributed by atoms with Gasteiger partial charge in [-0.05, 0) is 40.8 Å². The van der Waals surface area contributed by atoms with Crippen molar-refractivity contribution in [2.24, 2.45) is 0 Å². The van der Waals surface area contributed by atoms with Crippen molar-refractivity contribution >= 4 is 50.4 Å². The van der Waals surface area contributed by atoms with Crippen molar-refractivity contribution in [3.8, 4) is 5.75 Å². The number of halogens is 1. The van der Waals surface area contributed by atoms with Crippen molar-refractivity contribution < 1.29 is 14.6 Å². The topological polar surface area (TPSA) is 51.5 Å². The number of hydrogen-bond acceptors (Lipinski definition) is 3. The Hall–Kier alpha value is -1.60. The zero-order valence-electron chi connectivity index (χ0n) is 11.5. The van der Waals surface area contributed by atoms with Crippen LogP contribution in [0.5, 0.6) is 5.75 Å². The Bertz CT molecular complexity index is 838. The van der Waals surface area contributed by atoms with E-state index < -0.39 is 0 Å². The monoisotopic (exact) mass is 395 g/mol. The smallest absolute Gasteiger partial charge is 0.308 e. The number of nitrogens with zero attached hydrogens (tertiary/aromatic N) is 1. The van der Waals surface area contributed by atoms with Crippen molar-refractivity contribution in [2.45, 2.75) is 13.5 Å². The highest BCUT2D eigenvalue weighted by Crippen LogP contribution is 2.36. The average Bonchev–Trinajstić information content (AvgIpc) is 2.74. The summed E-state index contributed by atoms with van der Waals surface area (Å²) in [6.45, 7) is 1.88. The van der Waals surface area contributed by atoms with E-state index in [9.17, 15) is 9.90 Å². The molecule has 0 aliphatic heterocycles. The number of aromatic nitrogens is 1. The van der Waals surface area contributed by atoms with Gasteiger partial charge in [0.2, 0.25) is 0 Å². The molecule has 0 aliphatic carbocycles. The van der Waals surface area contributed by atoms with Gasteiger partial charge in [0.15, 0.2) is 5.75 Å². The molecule has 1 N–H and O–H groups in total. The molecule has 0 atom stereocenters. The molecule has 4 nitrogen and oxygen atoms in total. The standard InChI is InChI=1S/C16H14INO3/c1-10(20)21-15-9-11(17)8-13-12-4-2-3-5-14(12)18(6-7-19)16(13)15/h2-5,8-9,19H,6-7H2,1H3. The van der Waals surface area contributed by atoms with Crippen molar-refractivity contribution in [3.05, 3.63) is 40.0 Å². The van der Waals surface area contributed by atoms with Crippen LogP contribution in [0.15, 0.2) is 36.4 Å². The fourth-order valence-electron chi connectivity index (χ4n) is 2.68. The number of fused-ring (bicyclic) bond motifs is 3. The molecular formula is C16H14INO3. The minimum atomic E-state index is -0.348. The maximum absolute atomic E-state index is 11.4. The summed E-state index contributed by atoms with van der Waals surface area (Å²) in [4.78, 5) is 11.4. The molecule has 21 heavy (non-hydrogen) atoms. The molecule has 0 bridgehead atoms. The maximum Gasteiger partial charge on any atom is 0.308 e. The second-order valence-electron chi connectivity index (χ2n) is 4.79. The first-order valence-electron chi connectivity index (χ1n) is 6.61. The van der Waals surface area contributed by atoms with Gasteiger partial charge in [0, 0.05) is 33.3 Å². The van der Waals surface area contributed by atoms with E-state index in [-0.39, 0.29) is 12.6 Å². The maximum atomic E-state index is 11.4. The van der Waals surface area contributed by atoms with E-state index in [2.05, 4.69) is 28.7 Å². The Morgan fingerprint density at radius 3 is 2.76 bits per heavy atom. The first-order valence-corrected chi connectivity index (χ1v) is 7.69. The van der Waals surface area contributed by atoms with E-state index in [1.54, 1.807) is 0 Å². The molecule has 0 amide bonds. The lowest BCUT2D eigenvalue weighted by Gasteiger charge is -2.09. The minimum Gasteiger partial charge on any atom is -0.424 e. The number of carbonyl (C=O) groups excluding carboxylic acids is 1. The lowest BCUT2D eigenvalue weighted by Crippen LogP contribution is -2.06. The van der Waals surface area contributed by atoms with Gasteiger partial charge in [0.1, 0.15) is 0 Å². The number of rotatable bonds is 3. The Balaban J connectivity index is 2.44. The zero-order valence-corrected chi connectivity index (χ0v) is 13.6. The summed E-state index contributed by atoms with van der Waals surface area (Å²) < 4.78 is 8.38. The SMILES string of the molecule is CC(=O)Oc1cc(I)cc2c3ccccc3n(CCO)c12. The van der Waals surface area contributed by atoms with Gasteiger partial charge in [-0.25, -0.2) is 0 Å². The first kappa shape index (κ1) is 14.3. The molecule has 0 unspecified atom stereocenters. The number of benzene rings is 2. The predicted octanol–water partition coefficient (Wildman–Crippen LogP) is 3.32. The summed E-state index contributed by atoms with van der Waals surface area (Å²) >= 11 is 2.21.